The first kappa shape index (κ1) is 14.8. The second kappa shape index (κ2) is 6.76. The molecule has 1 aliphatic rings. The fourth-order valence-corrected chi connectivity index (χ4v) is 3.34. The largest absolute Gasteiger partial charge is 0.314 e. The van der Waals surface area contributed by atoms with Gasteiger partial charge >= 0.3 is 0 Å². The minimum Gasteiger partial charge on any atom is -0.314 e. The molecule has 1 fully saturated rings. The van der Waals surface area contributed by atoms with Gasteiger partial charge in [0, 0.05) is 10.5 Å². The first-order valence-electron chi connectivity index (χ1n) is 7.75. The van der Waals surface area contributed by atoms with Gasteiger partial charge in [0.1, 0.15) is 0 Å². The minimum absolute atomic E-state index is 0.698. The van der Waals surface area contributed by atoms with E-state index in [2.05, 4.69) is 76.7 Å². The van der Waals surface area contributed by atoms with Crippen LogP contribution in [-0.2, 0) is 6.42 Å². The van der Waals surface area contributed by atoms with Crippen molar-refractivity contribution in [3.63, 3.8) is 0 Å². The SMILES string of the molecule is Cc1cccc(CCNC2CC(c3ccc(Br)cc3)C2)c1. The zero-order valence-electron chi connectivity index (χ0n) is 12.5. The van der Waals surface area contributed by atoms with Gasteiger partial charge in [0.25, 0.3) is 0 Å². The van der Waals surface area contributed by atoms with E-state index in [4.69, 9.17) is 0 Å². The van der Waals surface area contributed by atoms with E-state index in [0.29, 0.717) is 6.04 Å². The molecule has 1 saturated carbocycles. The summed E-state index contributed by atoms with van der Waals surface area (Å²) in [5, 5.41) is 3.69. The van der Waals surface area contributed by atoms with E-state index in [1.807, 2.05) is 0 Å². The number of aryl methyl sites for hydroxylation is 1. The van der Waals surface area contributed by atoms with Gasteiger partial charge in [-0.1, -0.05) is 57.9 Å². The molecular formula is C19H22BrN. The van der Waals surface area contributed by atoms with E-state index in [-0.39, 0.29) is 0 Å². The highest BCUT2D eigenvalue weighted by Crippen LogP contribution is 2.37. The molecule has 2 heteroatoms. The summed E-state index contributed by atoms with van der Waals surface area (Å²) in [6.45, 7) is 3.24. The van der Waals surface area contributed by atoms with Gasteiger partial charge in [-0.25, -0.2) is 0 Å². The van der Waals surface area contributed by atoms with E-state index >= 15 is 0 Å². The molecule has 0 spiro atoms. The highest BCUT2D eigenvalue weighted by Gasteiger charge is 2.29. The lowest BCUT2D eigenvalue weighted by atomic mass is 9.76. The molecule has 1 aliphatic carbocycles. The first-order valence-corrected chi connectivity index (χ1v) is 8.54. The molecule has 0 unspecified atom stereocenters. The van der Waals surface area contributed by atoms with Crippen molar-refractivity contribution in [1.29, 1.82) is 0 Å². The molecule has 1 nitrogen and oxygen atoms in total. The molecule has 110 valence electrons. The number of rotatable bonds is 5. The van der Waals surface area contributed by atoms with Gasteiger partial charge in [-0.15, -0.1) is 0 Å². The Labute approximate surface area is 135 Å². The number of hydrogen-bond acceptors (Lipinski definition) is 1. The summed E-state index contributed by atoms with van der Waals surface area (Å²) < 4.78 is 1.17. The average Bonchev–Trinajstić information content (AvgIpc) is 2.43. The van der Waals surface area contributed by atoms with Crippen LogP contribution in [0.1, 0.15) is 35.4 Å². The molecule has 0 radical (unpaired) electrons. The third-order valence-corrected chi connectivity index (χ3v) is 4.94. The zero-order chi connectivity index (χ0) is 14.7. The Morgan fingerprint density at radius 1 is 1.10 bits per heavy atom. The van der Waals surface area contributed by atoms with Gasteiger partial charge in [-0.05, 0) is 61.9 Å². The van der Waals surface area contributed by atoms with Crippen molar-refractivity contribution in [3.8, 4) is 0 Å². The van der Waals surface area contributed by atoms with E-state index in [1.54, 1.807) is 0 Å². The van der Waals surface area contributed by atoms with Crippen molar-refractivity contribution in [2.75, 3.05) is 6.54 Å². The van der Waals surface area contributed by atoms with Crippen LogP contribution in [0.25, 0.3) is 0 Å². The third kappa shape index (κ3) is 3.96. The smallest absolute Gasteiger partial charge is 0.0175 e. The van der Waals surface area contributed by atoms with Crippen LogP contribution < -0.4 is 5.32 Å². The monoisotopic (exact) mass is 343 g/mol. The van der Waals surface area contributed by atoms with E-state index in [1.165, 1.54) is 34.0 Å². The predicted octanol–water partition coefficient (Wildman–Crippen LogP) is 4.84. The Balaban J connectivity index is 1.40. The van der Waals surface area contributed by atoms with Crippen LogP contribution in [0.5, 0.6) is 0 Å². The lowest BCUT2D eigenvalue weighted by Gasteiger charge is -2.36. The number of nitrogens with one attached hydrogen (secondary N) is 1. The highest BCUT2D eigenvalue weighted by molar-refractivity contribution is 9.10. The quantitative estimate of drug-likeness (QED) is 0.819. The normalized spacial score (nSPS) is 21.0. The molecule has 0 aliphatic heterocycles. The number of halogens is 1. The van der Waals surface area contributed by atoms with Crippen molar-refractivity contribution >= 4 is 15.9 Å². The molecule has 0 amide bonds. The topological polar surface area (TPSA) is 12.0 Å². The summed E-state index contributed by atoms with van der Waals surface area (Å²) in [5.74, 6) is 0.745. The molecule has 2 aromatic carbocycles. The molecule has 3 rings (SSSR count). The molecule has 0 aromatic heterocycles. The Hall–Kier alpha value is -1.12. The Morgan fingerprint density at radius 3 is 2.57 bits per heavy atom. The van der Waals surface area contributed by atoms with Crippen molar-refractivity contribution < 1.29 is 0 Å². The third-order valence-electron chi connectivity index (χ3n) is 4.41. The maximum Gasteiger partial charge on any atom is 0.0175 e. The van der Waals surface area contributed by atoms with Crippen molar-refractivity contribution in [2.45, 2.75) is 38.1 Å². The molecule has 21 heavy (non-hydrogen) atoms. The maximum atomic E-state index is 3.69. The molecule has 0 bridgehead atoms. The minimum atomic E-state index is 0.698. The highest BCUT2D eigenvalue weighted by atomic mass is 79.9. The van der Waals surface area contributed by atoms with E-state index in [0.717, 1.165) is 18.9 Å². The summed E-state index contributed by atoms with van der Waals surface area (Å²) in [6.07, 6.45) is 3.67. The lowest BCUT2D eigenvalue weighted by Crippen LogP contribution is -2.40. The summed E-state index contributed by atoms with van der Waals surface area (Å²) in [4.78, 5) is 0. The molecule has 0 heterocycles. The summed E-state index contributed by atoms with van der Waals surface area (Å²) >= 11 is 3.50. The fourth-order valence-electron chi connectivity index (χ4n) is 3.08. The first-order chi connectivity index (χ1) is 10.2. The molecule has 2 aromatic rings. The molecule has 0 atom stereocenters. The van der Waals surface area contributed by atoms with Crippen molar-refractivity contribution in [1.82, 2.24) is 5.32 Å². The number of benzene rings is 2. The van der Waals surface area contributed by atoms with Crippen LogP contribution >= 0.6 is 15.9 Å². The van der Waals surface area contributed by atoms with Crippen LogP contribution in [0.4, 0.5) is 0 Å². The van der Waals surface area contributed by atoms with Gasteiger partial charge in [0.15, 0.2) is 0 Å². The molecular weight excluding hydrogens is 322 g/mol. The Morgan fingerprint density at radius 2 is 1.86 bits per heavy atom. The summed E-state index contributed by atoms with van der Waals surface area (Å²) in [7, 11) is 0. The Kier molecular flexibility index (Phi) is 4.77. The lowest BCUT2D eigenvalue weighted by molar-refractivity contribution is 0.293. The second-order valence-corrected chi connectivity index (χ2v) is 7.03. The van der Waals surface area contributed by atoms with Crippen LogP contribution in [0.15, 0.2) is 53.0 Å². The van der Waals surface area contributed by atoms with Gasteiger partial charge in [0.05, 0.1) is 0 Å². The van der Waals surface area contributed by atoms with Crippen molar-refractivity contribution in [3.05, 3.63) is 69.7 Å². The standard InChI is InChI=1S/C19H22BrN/c1-14-3-2-4-15(11-14)9-10-21-19-12-17(13-19)16-5-7-18(20)8-6-16/h2-8,11,17,19,21H,9-10,12-13H2,1H3. The van der Waals surface area contributed by atoms with E-state index in [9.17, 15) is 0 Å². The van der Waals surface area contributed by atoms with E-state index < -0.39 is 0 Å². The molecule has 1 N–H and O–H groups in total. The van der Waals surface area contributed by atoms with Crippen LogP contribution in [0.2, 0.25) is 0 Å². The Bertz CT molecular complexity index is 585. The zero-order valence-corrected chi connectivity index (χ0v) is 14.1. The maximum absolute atomic E-state index is 3.69. The van der Waals surface area contributed by atoms with Gasteiger partial charge < -0.3 is 5.32 Å². The van der Waals surface area contributed by atoms with Crippen LogP contribution in [0.3, 0.4) is 0 Å². The van der Waals surface area contributed by atoms with Crippen LogP contribution in [0, 0.1) is 6.92 Å². The molecule has 0 saturated heterocycles. The van der Waals surface area contributed by atoms with Gasteiger partial charge in [-0.3, -0.25) is 0 Å². The van der Waals surface area contributed by atoms with Crippen LogP contribution in [-0.4, -0.2) is 12.6 Å². The summed E-state index contributed by atoms with van der Waals surface area (Å²) in [5.41, 5.74) is 4.27. The fraction of sp³-hybridized carbons (Fsp3) is 0.368. The average molecular weight is 344 g/mol. The predicted molar refractivity (Wildman–Crippen MR) is 92.8 cm³/mol. The second-order valence-electron chi connectivity index (χ2n) is 6.11. The van der Waals surface area contributed by atoms with Gasteiger partial charge in [0.2, 0.25) is 0 Å². The number of hydrogen-bond donors (Lipinski definition) is 1. The summed E-state index contributed by atoms with van der Waals surface area (Å²) in [6, 6.07) is 18.3. The van der Waals surface area contributed by atoms with Gasteiger partial charge in [-0.2, -0.15) is 0 Å². The van der Waals surface area contributed by atoms with Crippen molar-refractivity contribution in [2.24, 2.45) is 0 Å².